The summed E-state index contributed by atoms with van der Waals surface area (Å²) >= 11 is 0. The first kappa shape index (κ1) is 18.8. The minimum Gasteiger partial charge on any atom is -0.383 e. The van der Waals surface area contributed by atoms with Gasteiger partial charge in [-0.05, 0) is 37.3 Å². The number of benzene rings is 2. The summed E-state index contributed by atoms with van der Waals surface area (Å²) in [7, 11) is 1.60. The van der Waals surface area contributed by atoms with Crippen molar-refractivity contribution in [3.8, 4) is 0 Å². The quantitative estimate of drug-likeness (QED) is 0.724. The number of methoxy groups -OCH3 is 1. The van der Waals surface area contributed by atoms with E-state index in [1.165, 1.54) is 24.4 Å². The minimum atomic E-state index is -0.489. The Morgan fingerprint density at radius 1 is 1.22 bits per heavy atom. The fraction of sp³-hybridized carbons (Fsp3) is 0.250. The zero-order chi connectivity index (χ0) is 19.4. The number of ether oxygens (including phenoxy) is 1. The Kier molecular flexibility index (Phi) is 5.71. The number of rotatable bonds is 7. The van der Waals surface area contributed by atoms with Crippen LogP contribution in [0, 0.1) is 11.6 Å². The molecule has 0 aromatic heterocycles. The van der Waals surface area contributed by atoms with Gasteiger partial charge in [0.1, 0.15) is 11.6 Å². The van der Waals surface area contributed by atoms with Gasteiger partial charge in [0.05, 0.1) is 23.6 Å². The molecule has 1 aliphatic heterocycles. The van der Waals surface area contributed by atoms with Crippen LogP contribution in [-0.2, 0) is 9.53 Å². The van der Waals surface area contributed by atoms with Crippen LogP contribution in [0.2, 0.25) is 0 Å². The molecule has 0 aliphatic carbocycles. The molecule has 0 saturated heterocycles. The molecular formula is C20H21F2N3O2. The predicted molar refractivity (Wildman–Crippen MR) is 103 cm³/mol. The number of amides is 1. The van der Waals surface area contributed by atoms with Gasteiger partial charge in [-0.1, -0.05) is 6.07 Å². The summed E-state index contributed by atoms with van der Waals surface area (Å²) in [6.45, 7) is 3.67. The maximum absolute atomic E-state index is 14.5. The number of carbonyl (C=O) groups excluding carboxylic acids is 1. The van der Waals surface area contributed by atoms with Crippen molar-refractivity contribution in [2.45, 2.75) is 6.92 Å². The van der Waals surface area contributed by atoms with E-state index in [1.54, 1.807) is 25.3 Å². The number of hydrogen-bond acceptors (Lipinski definition) is 4. The lowest BCUT2D eigenvalue weighted by Crippen LogP contribution is -2.27. The Bertz CT molecular complexity index is 884. The zero-order valence-corrected chi connectivity index (χ0v) is 15.2. The van der Waals surface area contributed by atoms with Gasteiger partial charge < -0.3 is 20.3 Å². The summed E-state index contributed by atoms with van der Waals surface area (Å²) in [6.07, 6.45) is 1.39. The Labute approximate surface area is 156 Å². The summed E-state index contributed by atoms with van der Waals surface area (Å²) < 4.78 is 33.6. The number of nitrogens with zero attached hydrogens (tertiary/aromatic N) is 1. The predicted octanol–water partition coefficient (Wildman–Crippen LogP) is 3.84. The molecule has 2 N–H and O–H groups in total. The van der Waals surface area contributed by atoms with E-state index in [-0.39, 0.29) is 17.0 Å². The molecule has 0 spiro atoms. The summed E-state index contributed by atoms with van der Waals surface area (Å²) in [4.78, 5) is 13.9. The molecule has 2 aromatic carbocycles. The largest absolute Gasteiger partial charge is 0.383 e. The average Bonchev–Trinajstić information content (AvgIpc) is 2.98. The number of anilines is 3. The number of hydrogen-bond donors (Lipinski definition) is 2. The van der Waals surface area contributed by atoms with E-state index in [0.717, 1.165) is 0 Å². The molecular weight excluding hydrogens is 352 g/mol. The number of fused-ring (bicyclic) bond motifs is 1. The van der Waals surface area contributed by atoms with E-state index in [9.17, 15) is 13.6 Å². The van der Waals surface area contributed by atoms with Crippen LogP contribution in [0.4, 0.5) is 25.8 Å². The molecule has 27 heavy (non-hydrogen) atoms. The molecule has 0 unspecified atom stereocenters. The van der Waals surface area contributed by atoms with Gasteiger partial charge in [-0.25, -0.2) is 8.78 Å². The highest BCUT2D eigenvalue weighted by molar-refractivity contribution is 6.31. The van der Waals surface area contributed by atoms with Crippen molar-refractivity contribution in [1.82, 2.24) is 0 Å². The number of nitrogens with one attached hydrogen (secondary N) is 2. The van der Waals surface area contributed by atoms with Crippen molar-refractivity contribution in [3.63, 3.8) is 0 Å². The van der Waals surface area contributed by atoms with E-state index in [4.69, 9.17) is 4.74 Å². The van der Waals surface area contributed by atoms with E-state index >= 15 is 0 Å². The van der Waals surface area contributed by atoms with Gasteiger partial charge in [-0.2, -0.15) is 0 Å². The lowest BCUT2D eigenvalue weighted by Gasteiger charge is -2.23. The van der Waals surface area contributed by atoms with Gasteiger partial charge in [0.2, 0.25) is 0 Å². The number of halogens is 2. The molecule has 0 radical (unpaired) electrons. The van der Waals surface area contributed by atoms with E-state index in [0.29, 0.717) is 36.8 Å². The fourth-order valence-corrected chi connectivity index (χ4v) is 3.00. The van der Waals surface area contributed by atoms with Crippen LogP contribution >= 0.6 is 0 Å². The molecule has 0 fully saturated rings. The monoisotopic (exact) mass is 373 g/mol. The standard InChI is InChI=1S/C20H21F2N3O2/c1-3-25(9-10-27-2)18-8-7-13(11-16(18)22)23-12-14-19-15(21)5-4-6-17(19)24-20(14)26/h4-8,11-12,23H,3,9-10H2,1-2H3,(H,24,26)/b14-12+. The molecule has 0 saturated carbocycles. The van der Waals surface area contributed by atoms with Crippen LogP contribution in [0.15, 0.2) is 42.6 Å². The smallest absolute Gasteiger partial charge is 0.257 e. The van der Waals surface area contributed by atoms with Gasteiger partial charge in [0.15, 0.2) is 0 Å². The second kappa shape index (κ2) is 8.18. The third-order valence-electron chi connectivity index (χ3n) is 4.39. The van der Waals surface area contributed by atoms with Crippen LogP contribution in [0.25, 0.3) is 5.57 Å². The van der Waals surface area contributed by atoms with Crippen LogP contribution in [0.1, 0.15) is 12.5 Å². The number of carbonyl (C=O) groups is 1. The fourth-order valence-electron chi connectivity index (χ4n) is 3.00. The van der Waals surface area contributed by atoms with Gasteiger partial charge in [-0.15, -0.1) is 0 Å². The Morgan fingerprint density at radius 2 is 2.04 bits per heavy atom. The van der Waals surface area contributed by atoms with Crippen molar-refractivity contribution in [1.29, 1.82) is 0 Å². The van der Waals surface area contributed by atoms with Crippen molar-refractivity contribution in [2.75, 3.05) is 42.3 Å². The lowest BCUT2D eigenvalue weighted by atomic mass is 10.1. The summed E-state index contributed by atoms with van der Waals surface area (Å²) in [5, 5.41) is 5.49. The lowest BCUT2D eigenvalue weighted by molar-refractivity contribution is -0.110. The topological polar surface area (TPSA) is 53.6 Å². The molecule has 0 bridgehead atoms. The molecule has 5 nitrogen and oxygen atoms in total. The van der Waals surface area contributed by atoms with E-state index in [1.807, 2.05) is 11.8 Å². The molecule has 2 aromatic rings. The van der Waals surface area contributed by atoms with Crippen molar-refractivity contribution < 1.29 is 18.3 Å². The first-order chi connectivity index (χ1) is 13.0. The van der Waals surface area contributed by atoms with E-state index in [2.05, 4.69) is 10.6 Å². The SMILES string of the molecule is CCN(CCOC)c1ccc(N/C=C2/C(=O)Nc3cccc(F)c32)cc1F. The molecule has 1 heterocycles. The minimum absolute atomic E-state index is 0.169. The second-order valence-corrected chi connectivity index (χ2v) is 6.06. The normalized spacial score (nSPS) is 14.2. The Hall–Kier alpha value is -2.93. The number of likely N-dealkylation sites (N-methyl/N-ethyl adjacent to an activating group) is 1. The Morgan fingerprint density at radius 3 is 2.74 bits per heavy atom. The summed E-state index contributed by atoms with van der Waals surface area (Å²) in [6, 6.07) is 9.17. The molecule has 0 atom stereocenters. The maximum Gasteiger partial charge on any atom is 0.257 e. The van der Waals surface area contributed by atoms with Crippen LogP contribution in [0.3, 0.4) is 0 Å². The molecule has 7 heteroatoms. The molecule has 1 aliphatic rings. The second-order valence-electron chi connectivity index (χ2n) is 6.06. The maximum atomic E-state index is 14.5. The highest BCUT2D eigenvalue weighted by Crippen LogP contribution is 2.33. The van der Waals surface area contributed by atoms with Gasteiger partial charge >= 0.3 is 0 Å². The first-order valence-corrected chi connectivity index (χ1v) is 8.65. The van der Waals surface area contributed by atoms with Gasteiger partial charge in [0, 0.05) is 37.7 Å². The van der Waals surface area contributed by atoms with Crippen molar-refractivity contribution in [2.24, 2.45) is 0 Å². The molecule has 3 rings (SSSR count). The van der Waals surface area contributed by atoms with Crippen molar-refractivity contribution >= 4 is 28.5 Å². The molecule has 1 amide bonds. The third kappa shape index (κ3) is 3.93. The summed E-state index contributed by atoms with van der Waals surface area (Å²) in [5.74, 6) is -1.28. The molecule has 142 valence electrons. The van der Waals surface area contributed by atoms with Crippen LogP contribution < -0.4 is 15.5 Å². The van der Waals surface area contributed by atoms with Crippen LogP contribution in [-0.4, -0.2) is 32.7 Å². The average molecular weight is 373 g/mol. The zero-order valence-electron chi connectivity index (χ0n) is 15.2. The third-order valence-corrected chi connectivity index (χ3v) is 4.39. The Balaban J connectivity index is 1.81. The van der Waals surface area contributed by atoms with Crippen LogP contribution in [0.5, 0.6) is 0 Å². The van der Waals surface area contributed by atoms with Gasteiger partial charge in [-0.3, -0.25) is 4.79 Å². The van der Waals surface area contributed by atoms with Crippen molar-refractivity contribution in [3.05, 3.63) is 59.8 Å². The highest BCUT2D eigenvalue weighted by atomic mass is 19.1. The van der Waals surface area contributed by atoms with E-state index < -0.39 is 11.7 Å². The summed E-state index contributed by atoms with van der Waals surface area (Å²) in [5.41, 5.74) is 1.74. The van der Waals surface area contributed by atoms with Gasteiger partial charge in [0.25, 0.3) is 5.91 Å². The highest BCUT2D eigenvalue weighted by Gasteiger charge is 2.27. The first-order valence-electron chi connectivity index (χ1n) is 8.65.